The summed E-state index contributed by atoms with van der Waals surface area (Å²) < 4.78 is 12.7. The van der Waals surface area contributed by atoms with Crippen LogP contribution in [0.1, 0.15) is 43.1 Å². The van der Waals surface area contributed by atoms with E-state index in [9.17, 15) is 19.6 Å². The molecular formula is C21H28N4O5. The van der Waals surface area contributed by atoms with Crippen molar-refractivity contribution in [2.75, 3.05) is 19.8 Å². The van der Waals surface area contributed by atoms with Crippen molar-refractivity contribution in [3.63, 3.8) is 0 Å². The average Bonchev–Trinajstić information content (AvgIpc) is 3.32. The SMILES string of the molecule is CCCNC(=O)NC(=O)COC(=O)/C(C#N)=C/c1cc(C)n(C[C@H]2CCCO2)c1C. The van der Waals surface area contributed by atoms with Crippen molar-refractivity contribution < 1.29 is 23.9 Å². The lowest BCUT2D eigenvalue weighted by Gasteiger charge is -2.14. The van der Waals surface area contributed by atoms with Gasteiger partial charge >= 0.3 is 12.0 Å². The fourth-order valence-corrected chi connectivity index (χ4v) is 3.19. The van der Waals surface area contributed by atoms with E-state index in [0.717, 1.165) is 49.4 Å². The number of carbonyl (C=O) groups is 3. The molecule has 0 aliphatic carbocycles. The zero-order valence-corrected chi connectivity index (χ0v) is 17.6. The summed E-state index contributed by atoms with van der Waals surface area (Å²) in [5.74, 6) is -1.70. The van der Waals surface area contributed by atoms with E-state index in [1.54, 1.807) is 0 Å². The number of hydrogen-bond donors (Lipinski definition) is 2. The first-order valence-corrected chi connectivity index (χ1v) is 10.0. The summed E-state index contributed by atoms with van der Waals surface area (Å²) in [4.78, 5) is 35.3. The van der Waals surface area contributed by atoms with Crippen LogP contribution >= 0.6 is 0 Å². The molecule has 1 aliphatic heterocycles. The number of amides is 3. The number of carbonyl (C=O) groups excluding carboxylic acids is 3. The number of rotatable bonds is 8. The van der Waals surface area contributed by atoms with E-state index < -0.39 is 24.5 Å². The highest BCUT2D eigenvalue weighted by molar-refractivity contribution is 6.00. The van der Waals surface area contributed by atoms with Crippen LogP contribution in [0.2, 0.25) is 0 Å². The van der Waals surface area contributed by atoms with Crippen molar-refractivity contribution in [3.8, 4) is 6.07 Å². The van der Waals surface area contributed by atoms with Gasteiger partial charge in [0.25, 0.3) is 5.91 Å². The van der Waals surface area contributed by atoms with E-state index in [1.165, 1.54) is 6.08 Å². The van der Waals surface area contributed by atoms with E-state index in [2.05, 4.69) is 9.88 Å². The maximum absolute atomic E-state index is 12.2. The third-order valence-corrected chi connectivity index (χ3v) is 4.79. The Labute approximate surface area is 176 Å². The van der Waals surface area contributed by atoms with Crippen LogP contribution in [0.15, 0.2) is 11.6 Å². The van der Waals surface area contributed by atoms with E-state index in [1.807, 2.05) is 38.2 Å². The fourth-order valence-electron chi connectivity index (χ4n) is 3.19. The third-order valence-electron chi connectivity index (χ3n) is 4.79. The zero-order chi connectivity index (χ0) is 22.1. The van der Waals surface area contributed by atoms with E-state index >= 15 is 0 Å². The van der Waals surface area contributed by atoms with Gasteiger partial charge in [-0.25, -0.2) is 9.59 Å². The molecule has 3 amide bonds. The monoisotopic (exact) mass is 416 g/mol. The van der Waals surface area contributed by atoms with Crippen molar-refractivity contribution in [1.82, 2.24) is 15.2 Å². The lowest BCUT2D eigenvalue weighted by molar-refractivity contribution is -0.144. The molecule has 0 saturated carbocycles. The lowest BCUT2D eigenvalue weighted by Crippen LogP contribution is -2.41. The highest BCUT2D eigenvalue weighted by atomic mass is 16.5. The van der Waals surface area contributed by atoms with Gasteiger partial charge in [-0.15, -0.1) is 0 Å². The molecule has 1 atom stereocenters. The van der Waals surface area contributed by atoms with Crippen LogP contribution in [-0.2, 0) is 25.6 Å². The Balaban J connectivity index is 1.99. The Bertz CT molecular complexity index is 859. The van der Waals surface area contributed by atoms with Crippen molar-refractivity contribution in [1.29, 1.82) is 5.26 Å². The Morgan fingerprint density at radius 1 is 1.40 bits per heavy atom. The summed E-state index contributed by atoms with van der Waals surface area (Å²) in [6, 6.07) is 3.04. The standard InChI is InChI=1S/C21H28N4O5/c1-4-7-23-21(28)24-19(26)13-30-20(27)17(11-22)10-16-9-14(2)25(15(16)3)12-18-6-5-8-29-18/h9-10,18H,4-8,12-13H2,1-3H3,(H2,23,24,26,28)/b17-10+/t18-/m1/s1. The molecule has 2 N–H and O–H groups in total. The summed E-state index contributed by atoms with van der Waals surface area (Å²) in [5, 5.41) is 13.9. The molecule has 1 aromatic rings. The number of nitrogens with zero attached hydrogens (tertiary/aromatic N) is 2. The molecule has 2 rings (SSSR count). The van der Waals surface area contributed by atoms with Gasteiger partial charge in [0, 0.05) is 31.1 Å². The second kappa shape index (κ2) is 11.2. The fraction of sp³-hybridized carbons (Fsp3) is 0.524. The summed E-state index contributed by atoms with van der Waals surface area (Å²) in [5.41, 5.74) is 2.41. The Morgan fingerprint density at radius 3 is 2.80 bits per heavy atom. The topological polar surface area (TPSA) is 122 Å². The molecule has 0 unspecified atom stereocenters. The highest BCUT2D eigenvalue weighted by Crippen LogP contribution is 2.22. The largest absolute Gasteiger partial charge is 0.451 e. The van der Waals surface area contributed by atoms with Crippen LogP contribution in [-0.4, -0.2) is 48.3 Å². The minimum absolute atomic E-state index is 0.167. The number of ether oxygens (including phenoxy) is 2. The van der Waals surface area contributed by atoms with Crippen LogP contribution in [0.4, 0.5) is 4.79 Å². The van der Waals surface area contributed by atoms with Crippen molar-refractivity contribution in [2.24, 2.45) is 0 Å². The third kappa shape index (κ3) is 6.46. The van der Waals surface area contributed by atoms with Gasteiger partial charge in [0.1, 0.15) is 11.6 Å². The molecule has 9 heteroatoms. The lowest BCUT2D eigenvalue weighted by atomic mass is 10.1. The molecule has 0 aromatic carbocycles. The molecule has 2 heterocycles. The first kappa shape index (κ1) is 23.2. The number of esters is 1. The Kier molecular flexibility index (Phi) is 8.62. The van der Waals surface area contributed by atoms with Crippen LogP contribution in [0.5, 0.6) is 0 Å². The quantitative estimate of drug-likeness (QED) is 0.379. The van der Waals surface area contributed by atoms with Crippen molar-refractivity contribution in [2.45, 2.75) is 52.7 Å². The Morgan fingerprint density at radius 2 is 2.17 bits per heavy atom. The van der Waals surface area contributed by atoms with Gasteiger partial charge in [0.2, 0.25) is 0 Å². The number of aromatic nitrogens is 1. The maximum atomic E-state index is 12.2. The van der Waals surface area contributed by atoms with Gasteiger partial charge in [-0.05, 0) is 50.8 Å². The number of urea groups is 1. The molecular weight excluding hydrogens is 388 g/mol. The number of hydrogen-bond acceptors (Lipinski definition) is 6. The number of imide groups is 1. The molecule has 0 radical (unpaired) electrons. The summed E-state index contributed by atoms with van der Waals surface area (Å²) in [6.07, 6.45) is 4.40. The van der Waals surface area contributed by atoms with Gasteiger partial charge < -0.3 is 19.4 Å². The maximum Gasteiger partial charge on any atom is 0.349 e. The van der Waals surface area contributed by atoms with Crippen LogP contribution in [0.3, 0.4) is 0 Å². The van der Waals surface area contributed by atoms with E-state index in [4.69, 9.17) is 9.47 Å². The predicted molar refractivity (Wildman–Crippen MR) is 109 cm³/mol. The van der Waals surface area contributed by atoms with Gasteiger partial charge in [-0.1, -0.05) is 6.92 Å². The van der Waals surface area contributed by atoms with Crippen LogP contribution < -0.4 is 10.6 Å². The molecule has 1 aromatic heterocycles. The van der Waals surface area contributed by atoms with Gasteiger partial charge in [-0.2, -0.15) is 5.26 Å². The van der Waals surface area contributed by atoms with Crippen molar-refractivity contribution in [3.05, 3.63) is 28.6 Å². The smallest absolute Gasteiger partial charge is 0.349 e. The molecule has 1 fully saturated rings. The normalized spacial score (nSPS) is 16.1. The number of aryl methyl sites for hydroxylation is 1. The van der Waals surface area contributed by atoms with Crippen LogP contribution in [0.25, 0.3) is 6.08 Å². The van der Waals surface area contributed by atoms with Crippen molar-refractivity contribution >= 4 is 24.0 Å². The van der Waals surface area contributed by atoms with Gasteiger partial charge in [0.15, 0.2) is 6.61 Å². The van der Waals surface area contributed by atoms with E-state index in [0.29, 0.717) is 6.54 Å². The molecule has 0 bridgehead atoms. The average molecular weight is 416 g/mol. The minimum Gasteiger partial charge on any atom is -0.451 e. The first-order chi connectivity index (χ1) is 14.3. The van der Waals surface area contributed by atoms with Gasteiger partial charge in [0.05, 0.1) is 6.10 Å². The summed E-state index contributed by atoms with van der Waals surface area (Å²) >= 11 is 0. The summed E-state index contributed by atoms with van der Waals surface area (Å²) in [6.45, 7) is 7.00. The predicted octanol–water partition coefficient (Wildman–Crippen LogP) is 1.97. The molecule has 30 heavy (non-hydrogen) atoms. The van der Waals surface area contributed by atoms with E-state index in [-0.39, 0.29) is 11.7 Å². The molecule has 0 spiro atoms. The second-order valence-corrected chi connectivity index (χ2v) is 7.12. The molecule has 1 aliphatic rings. The minimum atomic E-state index is -0.925. The zero-order valence-electron chi connectivity index (χ0n) is 17.6. The molecule has 9 nitrogen and oxygen atoms in total. The highest BCUT2D eigenvalue weighted by Gasteiger charge is 2.20. The second-order valence-electron chi connectivity index (χ2n) is 7.12. The molecule has 1 saturated heterocycles. The van der Waals surface area contributed by atoms with Crippen LogP contribution in [0, 0.1) is 25.2 Å². The molecule has 162 valence electrons. The summed E-state index contributed by atoms with van der Waals surface area (Å²) in [7, 11) is 0. The van der Waals surface area contributed by atoms with Gasteiger partial charge in [-0.3, -0.25) is 10.1 Å². The first-order valence-electron chi connectivity index (χ1n) is 10.0. The Hall–Kier alpha value is -3.12. The number of nitrogens with one attached hydrogen (secondary N) is 2. The number of nitriles is 1.